The van der Waals surface area contributed by atoms with E-state index in [1.807, 2.05) is 41.2 Å². The average molecular weight is 426 g/mol. The quantitative estimate of drug-likeness (QED) is 0.630. The van der Waals surface area contributed by atoms with Gasteiger partial charge in [-0.25, -0.2) is 4.98 Å². The third-order valence-corrected chi connectivity index (χ3v) is 5.83. The van der Waals surface area contributed by atoms with E-state index >= 15 is 0 Å². The third-order valence-electron chi connectivity index (χ3n) is 5.18. The zero-order valence-electron chi connectivity index (χ0n) is 16.9. The van der Waals surface area contributed by atoms with Gasteiger partial charge in [0.15, 0.2) is 11.0 Å². The number of aromatic nitrogens is 3. The van der Waals surface area contributed by atoms with Crippen LogP contribution in [-0.2, 0) is 4.79 Å². The molecule has 1 aliphatic heterocycles. The minimum absolute atomic E-state index is 0.0716. The second-order valence-electron chi connectivity index (χ2n) is 7.18. The standard InChI is InChI=1S/C21H23N5O3S/c1-14-12-18(24-29-14)23-19(27)15-8-10-25(11-9-15)20(28)17-13-22-21(30-2)26(17)16-6-4-3-5-7-16/h3-7,12-13,15H,8-11H2,1-2H3,(H,23,24,27). The number of aryl methyl sites for hydroxylation is 1. The first-order valence-corrected chi connectivity index (χ1v) is 11.0. The van der Waals surface area contributed by atoms with Gasteiger partial charge in [-0.3, -0.25) is 14.2 Å². The summed E-state index contributed by atoms with van der Waals surface area (Å²) in [7, 11) is 0. The van der Waals surface area contributed by atoms with Crippen LogP contribution >= 0.6 is 11.8 Å². The Hall–Kier alpha value is -3.07. The molecule has 0 bridgehead atoms. The van der Waals surface area contributed by atoms with E-state index in [0.717, 1.165) is 10.8 Å². The maximum atomic E-state index is 13.2. The number of para-hydroxylation sites is 1. The second kappa shape index (κ2) is 8.74. The van der Waals surface area contributed by atoms with E-state index < -0.39 is 0 Å². The molecule has 0 unspecified atom stereocenters. The lowest BCUT2D eigenvalue weighted by atomic mass is 9.95. The Labute approximate surface area is 178 Å². The average Bonchev–Trinajstić information content (AvgIpc) is 3.39. The van der Waals surface area contributed by atoms with Crippen LogP contribution in [0, 0.1) is 12.8 Å². The molecule has 1 aromatic carbocycles. The van der Waals surface area contributed by atoms with Gasteiger partial charge in [0.1, 0.15) is 11.5 Å². The second-order valence-corrected chi connectivity index (χ2v) is 7.95. The molecule has 4 rings (SSSR count). The van der Waals surface area contributed by atoms with Crippen LogP contribution in [0.25, 0.3) is 5.69 Å². The summed E-state index contributed by atoms with van der Waals surface area (Å²) in [6.45, 7) is 2.81. The fourth-order valence-corrected chi connectivity index (χ4v) is 4.16. The Balaban J connectivity index is 1.44. The van der Waals surface area contributed by atoms with Crippen molar-refractivity contribution in [1.82, 2.24) is 19.6 Å². The highest BCUT2D eigenvalue weighted by molar-refractivity contribution is 7.98. The van der Waals surface area contributed by atoms with Crippen molar-refractivity contribution in [2.24, 2.45) is 5.92 Å². The van der Waals surface area contributed by atoms with E-state index in [9.17, 15) is 9.59 Å². The minimum Gasteiger partial charge on any atom is -0.360 e. The van der Waals surface area contributed by atoms with Crippen LogP contribution in [0.4, 0.5) is 5.82 Å². The molecule has 2 amide bonds. The highest BCUT2D eigenvalue weighted by atomic mass is 32.2. The Morgan fingerprint density at radius 3 is 2.57 bits per heavy atom. The summed E-state index contributed by atoms with van der Waals surface area (Å²) >= 11 is 1.50. The summed E-state index contributed by atoms with van der Waals surface area (Å²) in [5.41, 5.74) is 1.44. The number of likely N-dealkylation sites (tertiary alicyclic amines) is 1. The summed E-state index contributed by atoms with van der Waals surface area (Å²) in [5, 5.41) is 7.35. The highest BCUT2D eigenvalue weighted by Gasteiger charge is 2.30. The van der Waals surface area contributed by atoms with Crippen molar-refractivity contribution in [1.29, 1.82) is 0 Å². The topological polar surface area (TPSA) is 93.3 Å². The van der Waals surface area contributed by atoms with E-state index in [4.69, 9.17) is 4.52 Å². The number of thioether (sulfide) groups is 1. The molecule has 30 heavy (non-hydrogen) atoms. The van der Waals surface area contributed by atoms with E-state index in [1.54, 1.807) is 24.1 Å². The van der Waals surface area contributed by atoms with Crippen molar-refractivity contribution >= 4 is 29.4 Å². The van der Waals surface area contributed by atoms with Crippen molar-refractivity contribution in [3.63, 3.8) is 0 Å². The van der Waals surface area contributed by atoms with Gasteiger partial charge in [0.2, 0.25) is 5.91 Å². The molecule has 3 aromatic rings. The van der Waals surface area contributed by atoms with E-state index in [0.29, 0.717) is 43.2 Å². The summed E-state index contributed by atoms with van der Waals surface area (Å²) in [6.07, 6.45) is 4.77. The van der Waals surface area contributed by atoms with Crippen molar-refractivity contribution in [2.75, 3.05) is 24.7 Å². The Morgan fingerprint density at radius 2 is 1.93 bits per heavy atom. The molecular weight excluding hydrogens is 402 g/mol. The lowest BCUT2D eigenvalue weighted by Crippen LogP contribution is -2.42. The van der Waals surface area contributed by atoms with Gasteiger partial charge in [0.25, 0.3) is 5.91 Å². The number of carbonyl (C=O) groups is 2. The van der Waals surface area contributed by atoms with Gasteiger partial charge >= 0.3 is 0 Å². The number of anilines is 1. The Kier molecular flexibility index (Phi) is 5.89. The summed E-state index contributed by atoms with van der Waals surface area (Å²) in [5.74, 6) is 0.747. The van der Waals surface area contributed by atoms with Gasteiger partial charge in [0.05, 0.1) is 6.20 Å². The van der Waals surface area contributed by atoms with Crippen LogP contribution in [0.3, 0.4) is 0 Å². The molecule has 156 valence electrons. The third kappa shape index (κ3) is 4.11. The van der Waals surface area contributed by atoms with Crippen molar-refractivity contribution < 1.29 is 14.1 Å². The smallest absolute Gasteiger partial charge is 0.272 e. The molecule has 0 spiro atoms. The van der Waals surface area contributed by atoms with Crippen LogP contribution in [0.1, 0.15) is 29.1 Å². The first kappa shape index (κ1) is 20.2. The summed E-state index contributed by atoms with van der Waals surface area (Å²) < 4.78 is 6.87. The SMILES string of the molecule is CSc1ncc(C(=O)N2CCC(C(=O)Nc3cc(C)on3)CC2)n1-c1ccccc1. The molecule has 0 radical (unpaired) electrons. The number of nitrogens with zero attached hydrogens (tertiary/aromatic N) is 4. The molecule has 0 atom stereocenters. The molecule has 0 saturated carbocycles. The van der Waals surface area contributed by atoms with Gasteiger partial charge in [-0.15, -0.1) is 0 Å². The van der Waals surface area contributed by atoms with Crippen LogP contribution in [-0.4, -0.2) is 50.8 Å². The van der Waals surface area contributed by atoms with E-state index in [2.05, 4.69) is 15.5 Å². The number of hydrogen-bond acceptors (Lipinski definition) is 6. The van der Waals surface area contributed by atoms with Crippen molar-refractivity contribution in [3.05, 3.63) is 54.0 Å². The molecule has 2 aromatic heterocycles. The van der Waals surface area contributed by atoms with Gasteiger partial charge in [-0.05, 0) is 38.2 Å². The van der Waals surface area contributed by atoms with Crippen LogP contribution < -0.4 is 5.32 Å². The molecule has 1 N–H and O–H groups in total. The lowest BCUT2D eigenvalue weighted by Gasteiger charge is -2.31. The van der Waals surface area contributed by atoms with Crippen molar-refractivity contribution in [3.8, 4) is 5.69 Å². The minimum atomic E-state index is -0.160. The normalized spacial score (nSPS) is 14.7. The molecule has 3 heterocycles. The molecule has 8 nitrogen and oxygen atoms in total. The molecule has 1 saturated heterocycles. The number of amides is 2. The monoisotopic (exact) mass is 425 g/mol. The lowest BCUT2D eigenvalue weighted by molar-refractivity contribution is -0.121. The fraction of sp³-hybridized carbons (Fsp3) is 0.333. The number of imidazole rings is 1. The van der Waals surface area contributed by atoms with Gasteiger partial charge in [-0.1, -0.05) is 35.1 Å². The Morgan fingerprint density at radius 1 is 1.20 bits per heavy atom. The number of carbonyl (C=O) groups excluding carboxylic acids is 2. The molecule has 1 aliphatic rings. The summed E-state index contributed by atoms with van der Waals surface area (Å²) in [4.78, 5) is 31.9. The fourth-order valence-electron chi connectivity index (χ4n) is 3.62. The van der Waals surface area contributed by atoms with Gasteiger partial charge < -0.3 is 14.7 Å². The zero-order valence-corrected chi connectivity index (χ0v) is 17.7. The number of piperidine rings is 1. The van der Waals surface area contributed by atoms with Crippen LogP contribution in [0.2, 0.25) is 0 Å². The first-order chi connectivity index (χ1) is 14.6. The zero-order chi connectivity index (χ0) is 21.1. The molecule has 9 heteroatoms. The Bertz CT molecular complexity index is 1040. The predicted octanol–water partition coefficient (Wildman–Crippen LogP) is 3.38. The largest absolute Gasteiger partial charge is 0.360 e. The first-order valence-electron chi connectivity index (χ1n) is 9.77. The van der Waals surface area contributed by atoms with Gasteiger partial charge in [0, 0.05) is 30.8 Å². The summed E-state index contributed by atoms with van der Waals surface area (Å²) in [6, 6.07) is 11.4. The van der Waals surface area contributed by atoms with Crippen LogP contribution in [0.5, 0.6) is 0 Å². The molecule has 0 aliphatic carbocycles. The van der Waals surface area contributed by atoms with E-state index in [1.165, 1.54) is 11.8 Å². The molecule has 1 fully saturated rings. The van der Waals surface area contributed by atoms with Crippen molar-refractivity contribution in [2.45, 2.75) is 24.9 Å². The molecular formula is C21H23N5O3S. The van der Waals surface area contributed by atoms with Gasteiger partial charge in [-0.2, -0.15) is 0 Å². The highest BCUT2D eigenvalue weighted by Crippen LogP contribution is 2.25. The number of nitrogens with one attached hydrogen (secondary N) is 1. The van der Waals surface area contributed by atoms with E-state index in [-0.39, 0.29) is 17.7 Å². The maximum Gasteiger partial charge on any atom is 0.272 e. The van der Waals surface area contributed by atoms with Crippen LogP contribution in [0.15, 0.2) is 52.3 Å². The maximum absolute atomic E-state index is 13.2. The number of benzene rings is 1. The predicted molar refractivity (Wildman–Crippen MR) is 114 cm³/mol. The number of hydrogen-bond donors (Lipinski definition) is 1. The number of rotatable bonds is 5.